The molecule has 7 heteroatoms. The van der Waals surface area contributed by atoms with Crippen LogP contribution in [0.5, 0.6) is 5.75 Å². The highest BCUT2D eigenvalue weighted by molar-refractivity contribution is 9.10. The molecule has 0 aliphatic carbocycles. The number of benzene rings is 2. The second-order valence-electron chi connectivity index (χ2n) is 7.53. The van der Waals surface area contributed by atoms with E-state index in [1.807, 2.05) is 50.2 Å². The average Bonchev–Trinajstić information content (AvgIpc) is 2.96. The van der Waals surface area contributed by atoms with Crippen LogP contribution in [0.3, 0.4) is 0 Å². The van der Waals surface area contributed by atoms with Crippen molar-refractivity contribution in [3.05, 3.63) is 69.2 Å². The van der Waals surface area contributed by atoms with E-state index in [4.69, 9.17) is 4.74 Å². The van der Waals surface area contributed by atoms with E-state index in [1.165, 1.54) is 4.90 Å². The molecular formula is C23H25BrN2O4. The van der Waals surface area contributed by atoms with Crippen molar-refractivity contribution in [1.82, 2.24) is 9.80 Å². The number of aliphatic hydroxyl groups is 1. The van der Waals surface area contributed by atoms with Crippen LogP contribution in [0, 0.1) is 6.92 Å². The molecule has 1 atom stereocenters. The number of methoxy groups -OCH3 is 1. The summed E-state index contributed by atoms with van der Waals surface area (Å²) in [5.41, 5.74) is 2.11. The number of hydrogen-bond donors (Lipinski definition) is 1. The number of hydrogen-bond acceptors (Lipinski definition) is 5. The Morgan fingerprint density at radius 3 is 2.53 bits per heavy atom. The third kappa shape index (κ3) is 4.27. The van der Waals surface area contributed by atoms with Crippen molar-refractivity contribution in [3.63, 3.8) is 0 Å². The van der Waals surface area contributed by atoms with Gasteiger partial charge in [-0.15, -0.1) is 0 Å². The van der Waals surface area contributed by atoms with Gasteiger partial charge in [-0.25, -0.2) is 0 Å². The average molecular weight is 473 g/mol. The van der Waals surface area contributed by atoms with Crippen LogP contribution in [0.25, 0.3) is 5.76 Å². The van der Waals surface area contributed by atoms with Gasteiger partial charge in [-0.2, -0.15) is 0 Å². The molecule has 1 aliphatic heterocycles. The molecule has 30 heavy (non-hydrogen) atoms. The number of ketones is 1. The number of carbonyl (C=O) groups excluding carboxylic acids is 2. The molecule has 0 radical (unpaired) electrons. The topological polar surface area (TPSA) is 70.1 Å². The Bertz CT molecular complexity index is 1020. The highest BCUT2D eigenvalue weighted by atomic mass is 79.9. The molecule has 6 nitrogen and oxygen atoms in total. The lowest BCUT2D eigenvalue weighted by Crippen LogP contribution is -2.35. The van der Waals surface area contributed by atoms with Crippen molar-refractivity contribution < 1.29 is 19.4 Å². The monoisotopic (exact) mass is 472 g/mol. The second-order valence-corrected chi connectivity index (χ2v) is 8.45. The van der Waals surface area contributed by atoms with Crippen molar-refractivity contribution in [2.45, 2.75) is 13.0 Å². The first kappa shape index (κ1) is 22.1. The largest absolute Gasteiger partial charge is 0.507 e. The zero-order chi connectivity index (χ0) is 22.0. The van der Waals surface area contributed by atoms with E-state index in [0.717, 1.165) is 15.6 Å². The van der Waals surface area contributed by atoms with E-state index in [9.17, 15) is 14.7 Å². The maximum atomic E-state index is 13.0. The lowest BCUT2D eigenvalue weighted by atomic mass is 9.94. The van der Waals surface area contributed by atoms with Gasteiger partial charge in [-0.05, 0) is 62.5 Å². The normalized spacial score (nSPS) is 18.3. The lowest BCUT2D eigenvalue weighted by Gasteiger charge is -2.26. The maximum Gasteiger partial charge on any atom is 0.295 e. The molecule has 1 aliphatic rings. The minimum absolute atomic E-state index is 0.102. The van der Waals surface area contributed by atoms with Crippen LogP contribution < -0.4 is 4.74 Å². The van der Waals surface area contributed by atoms with Gasteiger partial charge < -0.3 is 19.6 Å². The number of Topliss-reactive ketones (excluding diaryl/α,β-unsaturated/α-hetero) is 1. The van der Waals surface area contributed by atoms with E-state index >= 15 is 0 Å². The van der Waals surface area contributed by atoms with E-state index < -0.39 is 17.7 Å². The Balaban J connectivity index is 2.17. The van der Waals surface area contributed by atoms with Gasteiger partial charge in [0.1, 0.15) is 11.5 Å². The van der Waals surface area contributed by atoms with Gasteiger partial charge in [-0.1, -0.05) is 28.1 Å². The molecule has 3 rings (SSSR count). The van der Waals surface area contributed by atoms with Gasteiger partial charge in [0.05, 0.1) is 18.7 Å². The van der Waals surface area contributed by atoms with Crippen LogP contribution in [0.4, 0.5) is 0 Å². The summed E-state index contributed by atoms with van der Waals surface area (Å²) in [6.07, 6.45) is 0. The number of aryl methyl sites for hydroxylation is 1. The van der Waals surface area contributed by atoms with Crippen molar-refractivity contribution in [3.8, 4) is 5.75 Å². The molecule has 1 N–H and O–H groups in total. The van der Waals surface area contributed by atoms with E-state index in [2.05, 4.69) is 15.9 Å². The van der Waals surface area contributed by atoms with Gasteiger partial charge in [0.25, 0.3) is 11.7 Å². The van der Waals surface area contributed by atoms with Gasteiger partial charge in [0, 0.05) is 23.1 Å². The SMILES string of the molecule is COc1ccc(/C(O)=C2\C(=O)C(=O)N(CCN(C)C)[C@H]2c2cccc(Br)c2)c(C)c1. The summed E-state index contributed by atoms with van der Waals surface area (Å²) in [4.78, 5) is 29.4. The minimum atomic E-state index is -0.675. The van der Waals surface area contributed by atoms with Gasteiger partial charge in [0.15, 0.2) is 0 Å². The molecule has 1 saturated heterocycles. The fraction of sp³-hybridized carbons (Fsp3) is 0.304. The number of ether oxygens (including phenoxy) is 1. The Morgan fingerprint density at radius 1 is 1.20 bits per heavy atom. The quantitative estimate of drug-likeness (QED) is 0.393. The van der Waals surface area contributed by atoms with Crippen molar-refractivity contribution in [1.29, 1.82) is 0 Å². The van der Waals surface area contributed by atoms with Gasteiger partial charge >= 0.3 is 0 Å². The molecule has 0 saturated carbocycles. The highest BCUT2D eigenvalue weighted by Crippen LogP contribution is 2.40. The number of halogens is 1. The summed E-state index contributed by atoms with van der Waals surface area (Å²) >= 11 is 3.46. The predicted octanol–water partition coefficient (Wildman–Crippen LogP) is 3.75. The molecule has 2 aromatic carbocycles. The molecule has 0 bridgehead atoms. The molecule has 1 fully saturated rings. The number of likely N-dealkylation sites (N-methyl/N-ethyl adjacent to an activating group) is 1. The molecule has 1 heterocycles. The number of nitrogens with zero attached hydrogens (tertiary/aromatic N) is 2. The molecule has 0 aromatic heterocycles. The van der Waals surface area contributed by atoms with Crippen LogP contribution in [0.15, 0.2) is 52.5 Å². The molecular weight excluding hydrogens is 448 g/mol. The van der Waals surface area contributed by atoms with E-state index in [0.29, 0.717) is 24.4 Å². The highest BCUT2D eigenvalue weighted by Gasteiger charge is 2.46. The van der Waals surface area contributed by atoms with Gasteiger partial charge in [-0.3, -0.25) is 9.59 Å². The van der Waals surface area contributed by atoms with Crippen LogP contribution in [0.2, 0.25) is 0 Å². The summed E-state index contributed by atoms with van der Waals surface area (Å²) in [5.74, 6) is -0.800. The number of likely N-dealkylation sites (tertiary alicyclic amines) is 1. The third-order valence-electron chi connectivity index (χ3n) is 5.18. The summed E-state index contributed by atoms with van der Waals surface area (Å²) in [6, 6.07) is 12.0. The summed E-state index contributed by atoms with van der Waals surface area (Å²) in [5, 5.41) is 11.2. The fourth-order valence-corrected chi connectivity index (χ4v) is 4.03. The Kier molecular flexibility index (Phi) is 6.63. The first-order valence-corrected chi connectivity index (χ1v) is 10.4. The van der Waals surface area contributed by atoms with Crippen molar-refractivity contribution >= 4 is 33.4 Å². The number of aliphatic hydroxyl groups excluding tert-OH is 1. The van der Waals surface area contributed by atoms with Crippen LogP contribution in [-0.4, -0.2) is 60.9 Å². The predicted molar refractivity (Wildman–Crippen MR) is 119 cm³/mol. The second kappa shape index (κ2) is 9.02. The zero-order valence-corrected chi connectivity index (χ0v) is 19.1. The Hall–Kier alpha value is -2.64. The third-order valence-corrected chi connectivity index (χ3v) is 5.67. The smallest absolute Gasteiger partial charge is 0.295 e. The fourth-order valence-electron chi connectivity index (χ4n) is 3.62. The number of amides is 1. The Labute approximate surface area is 184 Å². The number of rotatable bonds is 6. The minimum Gasteiger partial charge on any atom is -0.507 e. The van der Waals surface area contributed by atoms with Crippen molar-refractivity contribution in [2.75, 3.05) is 34.3 Å². The molecule has 0 spiro atoms. The summed E-state index contributed by atoms with van der Waals surface area (Å²) in [6.45, 7) is 2.79. The van der Waals surface area contributed by atoms with E-state index in [-0.39, 0.29) is 11.3 Å². The van der Waals surface area contributed by atoms with Gasteiger partial charge in [0.2, 0.25) is 0 Å². The van der Waals surface area contributed by atoms with E-state index in [1.54, 1.807) is 25.3 Å². The first-order valence-electron chi connectivity index (χ1n) is 9.58. The zero-order valence-electron chi connectivity index (χ0n) is 17.5. The summed E-state index contributed by atoms with van der Waals surface area (Å²) in [7, 11) is 5.38. The number of carbonyl (C=O) groups is 2. The molecule has 1 amide bonds. The van der Waals surface area contributed by atoms with Crippen LogP contribution in [0.1, 0.15) is 22.7 Å². The molecule has 2 aromatic rings. The van der Waals surface area contributed by atoms with Crippen LogP contribution >= 0.6 is 15.9 Å². The molecule has 158 valence electrons. The molecule has 0 unspecified atom stereocenters. The Morgan fingerprint density at radius 2 is 1.93 bits per heavy atom. The van der Waals surface area contributed by atoms with Crippen LogP contribution in [-0.2, 0) is 9.59 Å². The maximum absolute atomic E-state index is 13.0. The van der Waals surface area contributed by atoms with Crippen molar-refractivity contribution in [2.24, 2.45) is 0 Å². The first-order chi connectivity index (χ1) is 14.2. The lowest BCUT2D eigenvalue weighted by molar-refractivity contribution is -0.140. The standard InChI is InChI=1S/C23H25BrN2O4/c1-14-12-17(30-4)8-9-18(14)21(27)19-20(15-6-5-7-16(24)13-15)26(11-10-25(2)3)23(29)22(19)28/h5-9,12-13,20,27H,10-11H2,1-4H3/b21-19+/t20-/m0/s1. The summed E-state index contributed by atoms with van der Waals surface area (Å²) < 4.78 is 6.06.